The molecule has 0 amide bonds. The molecule has 1 heterocycles. The van der Waals surface area contributed by atoms with Crippen molar-refractivity contribution in [1.82, 2.24) is 9.80 Å². The summed E-state index contributed by atoms with van der Waals surface area (Å²) in [6, 6.07) is 6.21. The van der Waals surface area contributed by atoms with Crippen molar-refractivity contribution in [2.24, 2.45) is 0 Å². The largest absolute Gasteiger partial charge is 0.507 e. The number of likely N-dealkylation sites (tertiary alicyclic amines) is 1. The summed E-state index contributed by atoms with van der Waals surface area (Å²) in [5, 5.41) is 10.0. The summed E-state index contributed by atoms with van der Waals surface area (Å²) in [5.41, 5.74) is 0.978. The number of phenolic OH excluding ortho intramolecular Hbond substituents is 1. The van der Waals surface area contributed by atoms with Gasteiger partial charge in [-0.2, -0.15) is 0 Å². The molecule has 1 unspecified atom stereocenters. The molecule has 1 saturated heterocycles. The third kappa shape index (κ3) is 3.44. The summed E-state index contributed by atoms with van der Waals surface area (Å²) >= 11 is 0. The number of benzene rings is 1. The summed E-state index contributed by atoms with van der Waals surface area (Å²) in [7, 11) is 1.61. The molecule has 2 rings (SSSR count). The van der Waals surface area contributed by atoms with Crippen LogP contribution >= 0.6 is 0 Å². The summed E-state index contributed by atoms with van der Waals surface area (Å²) < 4.78 is 5.12. The third-order valence-corrected chi connectivity index (χ3v) is 4.26. The molecular weight excluding hydrogens is 252 g/mol. The van der Waals surface area contributed by atoms with Gasteiger partial charge in [-0.3, -0.25) is 9.80 Å². The first kappa shape index (κ1) is 15.1. The Hall–Kier alpha value is -1.26. The lowest BCUT2D eigenvalue weighted by Gasteiger charge is -2.26. The zero-order valence-corrected chi connectivity index (χ0v) is 12.8. The minimum Gasteiger partial charge on any atom is -0.507 e. The second kappa shape index (κ2) is 6.95. The van der Waals surface area contributed by atoms with Gasteiger partial charge < -0.3 is 9.84 Å². The predicted molar refractivity (Wildman–Crippen MR) is 81.3 cm³/mol. The van der Waals surface area contributed by atoms with Crippen molar-refractivity contribution in [2.75, 3.05) is 33.3 Å². The standard InChI is InChI=1S/C16H26N2O2/c1-4-18(5-2)14-8-9-17(12-14)11-13-6-7-15(20-3)10-16(13)19/h6-7,10,14,19H,4-5,8-9,11-12H2,1-3H3. The van der Waals surface area contributed by atoms with Crippen molar-refractivity contribution in [1.29, 1.82) is 0 Å². The molecule has 1 aliphatic rings. The fourth-order valence-electron chi connectivity index (χ4n) is 3.04. The van der Waals surface area contributed by atoms with Crippen molar-refractivity contribution in [3.8, 4) is 11.5 Å². The highest BCUT2D eigenvalue weighted by Gasteiger charge is 2.26. The number of nitrogens with zero attached hydrogens (tertiary/aromatic N) is 2. The average Bonchev–Trinajstić information content (AvgIpc) is 2.91. The van der Waals surface area contributed by atoms with Crippen LogP contribution in [0.2, 0.25) is 0 Å². The minimum absolute atomic E-state index is 0.329. The molecule has 1 aliphatic heterocycles. The Morgan fingerprint density at radius 1 is 1.35 bits per heavy atom. The summed E-state index contributed by atoms with van der Waals surface area (Å²) in [6.07, 6.45) is 1.22. The van der Waals surface area contributed by atoms with E-state index < -0.39 is 0 Å². The van der Waals surface area contributed by atoms with E-state index in [9.17, 15) is 5.11 Å². The highest BCUT2D eigenvalue weighted by Crippen LogP contribution is 2.26. The van der Waals surface area contributed by atoms with Crippen LogP contribution in [0.25, 0.3) is 0 Å². The molecule has 0 aromatic heterocycles. The van der Waals surface area contributed by atoms with Gasteiger partial charge in [0.05, 0.1) is 7.11 Å². The first-order valence-corrected chi connectivity index (χ1v) is 7.50. The molecule has 112 valence electrons. The zero-order valence-electron chi connectivity index (χ0n) is 12.8. The summed E-state index contributed by atoms with van der Waals surface area (Å²) in [4.78, 5) is 4.94. The lowest BCUT2D eigenvalue weighted by molar-refractivity contribution is 0.208. The van der Waals surface area contributed by atoms with Gasteiger partial charge in [0, 0.05) is 37.3 Å². The van der Waals surface area contributed by atoms with E-state index in [0.717, 1.165) is 38.3 Å². The predicted octanol–water partition coefficient (Wildman–Crippen LogP) is 2.32. The average molecular weight is 278 g/mol. The molecule has 1 aromatic rings. The van der Waals surface area contributed by atoms with Crippen molar-refractivity contribution in [3.63, 3.8) is 0 Å². The Balaban J connectivity index is 1.95. The van der Waals surface area contributed by atoms with E-state index in [-0.39, 0.29) is 0 Å². The zero-order chi connectivity index (χ0) is 14.5. The van der Waals surface area contributed by atoms with E-state index >= 15 is 0 Å². The van der Waals surface area contributed by atoms with Crippen molar-refractivity contribution < 1.29 is 9.84 Å². The van der Waals surface area contributed by atoms with Crippen LogP contribution in [0, 0.1) is 0 Å². The molecule has 1 aromatic carbocycles. The van der Waals surface area contributed by atoms with Gasteiger partial charge in [-0.15, -0.1) is 0 Å². The fraction of sp³-hybridized carbons (Fsp3) is 0.625. The normalized spacial score (nSPS) is 19.7. The highest BCUT2D eigenvalue weighted by atomic mass is 16.5. The van der Waals surface area contributed by atoms with Gasteiger partial charge in [-0.25, -0.2) is 0 Å². The van der Waals surface area contributed by atoms with Gasteiger partial charge in [-0.1, -0.05) is 19.9 Å². The van der Waals surface area contributed by atoms with E-state index in [0.29, 0.717) is 17.5 Å². The SMILES string of the molecule is CCN(CC)C1CCN(Cc2ccc(OC)cc2O)C1. The molecule has 4 nitrogen and oxygen atoms in total. The monoisotopic (exact) mass is 278 g/mol. The maximum absolute atomic E-state index is 10.0. The second-order valence-corrected chi connectivity index (χ2v) is 5.39. The van der Waals surface area contributed by atoms with Crippen molar-refractivity contribution in [2.45, 2.75) is 32.9 Å². The number of aromatic hydroxyl groups is 1. The van der Waals surface area contributed by atoms with Gasteiger partial charge in [0.15, 0.2) is 0 Å². The Morgan fingerprint density at radius 2 is 2.10 bits per heavy atom. The molecule has 0 radical (unpaired) electrons. The van der Waals surface area contributed by atoms with Crippen molar-refractivity contribution >= 4 is 0 Å². The van der Waals surface area contributed by atoms with Crippen LogP contribution in [0.3, 0.4) is 0 Å². The Labute approximate surface area is 122 Å². The lowest BCUT2D eigenvalue weighted by atomic mass is 10.2. The minimum atomic E-state index is 0.329. The van der Waals surface area contributed by atoms with E-state index in [1.807, 2.05) is 12.1 Å². The molecule has 1 N–H and O–H groups in total. The molecule has 1 fully saturated rings. The maximum Gasteiger partial charge on any atom is 0.123 e. The number of phenols is 1. The number of ether oxygens (including phenoxy) is 1. The molecule has 0 aliphatic carbocycles. The van der Waals surface area contributed by atoms with Gasteiger partial charge in [0.2, 0.25) is 0 Å². The van der Waals surface area contributed by atoms with Crippen molar-refractivity contribution in [3.05, 3.63) is 23.8 Å². The van der Waals surface area contributed by atoms with Crippen LogP contribution in [-0.2, 0) is 6.54 Å². The molecule has 0 spiro atoms. The molecule has 4 heteroatoms. The maximum atomic E-state index is 10.0. The number of methoxy groups -OCH3 is 1. The number of hydrogen-bond acceptors (Lipinski definition) is 4. The number of likely N-dealkylation sites (N-methyl/N-ethyl adjacent to an activating group) is 1. The van der Waals surface area contributed by atoms with Crippen LogP contribution in [-0.4, -0.2) is 54.2 Å². The van der Waals surface area contributed by atoms with E-state index in [2.05, 4.69) is 23.6 Å². The van der Waals surface area contributed by atoms with Gasteiger partial charge in [-0.05, 0) is 25.6 Å². The third-order valence-electron chi connectivity index (χ3n) is 4.26. The van der Waals surface area contributed by atoms with Crippen LogP contribution in [0.5, 0.6) is 11.5 Å². The van der Waals surface area contributed by atoms with E-state index in [1.54, 1.807) is 13.2 Å². The van der Waals surface area contributed by atoms with E-state index in [4.69, 9.17) is 4.74 Å². The van der Waals surface area contributed by atoms with Gasteiger partial charge >= 0.3 is 0 Å². The summed E-state index contributed by atoms with van der Waals surface area (Å²) in [6.45, 7) is 9.68. The summed E-state index contributed by atoms with van der Waals surface area (Å²) in [5.74, 6) is 1.03. The molecule has 20 heavy (non-hydrogen) atoms. The van der Waals surface area contributed by atoms with Crippen LogP contribution in [0.15, 0.2) is 18.2 Å². The Kier molecular flexibility index (Phi) is 5.26. The van der Waals surface area contributed by atoms with Gasteiger partial charge in [0.1, 0.15) is 11.5 Å². The Bertz CT molecular complexity index is 432. The first-order chi connectivity index (χ1) is 9.67. The first-order valence-electron chi connectivity index (χ1n) is 7.50. The number of hydrogen-bond donors (Lipinski definition) is 1. The molecular formula is C16H26N2O2. The highest BCUT2D eigenvalue weighted by molar-refractivity contribution is 5.39. The quantitative estimate of drug-likeness (QED) is 0.866. The molecule has 1 atom stereocenters. The smallest absolute Gasteiger partial charge is 0.123 e. The van der Waals surface area contributed by atoms with Crippen LogP contribution in [0.4, 0.5) is 0 Å². The second-order valence-electron chi connectivity index (χ2n) is 5.39. The van der Waals surface area contributed by atoms with Gasteiger partial charge in [0.25, 0.3) is 0 Å². The molecule has 0 bridgehead atoms. The van der Waals surface area contributed by atoms with Crippen LogP contribution in [0.1, 0.15) is 25.8 Å². The fourth-order valence-corrected chi connectivity index (χ4v) is 3.04. The van der Waals surface area contributed by atoms with E-state index in [1.165, 1.54) is 6.42 Å². The number of rotatable bonds is 6. The Morgan fingerprint density at radius 3 is 2.70 bits per heavy atom. The topological polar surface area (TPSA) is 35.9 Å². The van der Waals surface area contributed by atoms with Crippen LogP contribution < -0.4 is 4.74 Å². The lowest BCUT2D eigenvalue weighted by Crippen LogP contribution is -2.37. The molecule has 0 saturated carbocycles.